The molecule has 0 fully saturated rings. The Balaban J connectivity index is 0.000000211. The van der Waals surface area contributed by atoms with Gasteiger partial charge in [-0.15, -0.1) is 11.3 Å². The highest BCUT2D eigenvalue weighted by atomic mass is 79.9. The van der Waals surface area contributed by atoms with Crippen molar-refractivity contribution in [2.24, 2.45) is 0 Å². The molecule has 0 nitrogen and oxygen atoms in total. The molecule has 0 aliphatic heterocycles. The summed E-state index contributed by atoms with van der Waals surface area (Å²) in [6, 6.07) is 29.3. The maximum atomic E-state index is 3.65. The van der Waals surface area contributed by atoms with Crippen LogP contribution in [0.15, 0.2) is 105 Å². The molecular weight excluding hydrogens is 560 g/mol. The molecular formula is C24H17Br3S. The van der Waals surface area contributed by atoms with Gasteiger partial charge in [0, 0.05) is 23.2 Å². The molecule has 0 amide bonds. The molecule has 4 aromatic rings. The molecule has 4 rings (SSSR count). The fraction of sp³-hybridized carbons (Fsp3) is 0. The highest BCUT2D eigenvalue weighted by Gasteiger charge is 2.04. The largest absolute Gasteiger partial charge is 0.135 e. The molecule has 0 N–H and O–H groups in total. The van der Waals surface area contributed by atoms with Crippen LogP contribution >= 0.6 is 59.1 Å². The van der Waals surface area contributed by atoms with Gasteiger partial charge in [-0.2, -0.15) is 0 Å². The predicted molar refractivity (Wildman–Crippen MR) is 135 cm³/mol. The summed E-state index contributed by atoms with van der Waals surface area (Å²) in [7, 11) is 0. The van der Waals surface area contributed by atoms with Gasteiger partial charge >= 0.3 is 0 Å². The van der Waals surface area contributed by atoms with Gasteiger partial charge in [0.25, 0.3) is 0 Å². The van der Waals surface area contributed by atoms with Crippen LogP contribution in [0.2, 0.25) is 0 Å². The SMILES string of the molecule is Brc1ccc(-c2ccc(-c3ccc(Br)cc3)s2)cc1.C=Cc1ccc(Br)cc1. The highest BCUT2D eigenvalue weighted by molar-refractivity contribution is 9.11. The zero-order chi connectivity index (χ0) is 19.9. The maximum Gasteiger partial charge on any atom is 0.0349 e. The van der Waals surface area contributed by atoms with Crippen molar-refractivity contribution >= 4 is 65.2 Å². The van der Waals surface area contributed by atoms with Crippen molar-refractivity contribution in [3.05, 3.63) is 110 Å². The number of rotatable bonds is 3. The van der Waals surface area contributed by atoms with Crippen LogP contribution in [0.5, 0.6) is 0 Å². The molecule has 0 aliphatic carbocycles. The number of hydrogen-bond acceptors (Lipinski definition) is 1. The average molecular weight is 577 g/mol. The Hall–Kier alpha value is -1.46. The van der Waals surface area contributed by atoms with Crippen molar-refractivity contribution < 1.29 is 0 Å². The summed E-state index contributed by atoms with van der Waals surface area (Å²) in [5, 5.41) is 0. The van der Waals surface area contributed by atoms with E-state index in [1.54, 1.807) is 0 Å². The molecule has 0 saturated heterocycles. The van der Waals surface area contributed by atoms with E-state index >= 15 is 0 Å². The van der Waals surface area contributed by atoms with Gasteiger partial charge in [-0.05, 0) is 65.2 Å². The van der Waals surface area contributed by atoms with Crippen LogP contribution in [-0.4, -0.2) is 0 Å². The molecule has 3 aromatic carbocycles. The van der Waals surface area contributed by atoms with Gasteiger partial charge in [0.15, 0.2) is 0 Å². The monoisotopic (exact) mass is 574 g/mol. The minimum Gasteiger partial charge on any atom is -0.135 e. The predicted octanol–water partition coefficient (Wildman–Crippen LogP) is 9.70. The Kier molecular flexibility index (Phi) is 7.86. The van der Waals surface area contributed by atoms with E-state index in [0.717, 1.165) is 19.0 Å². The van der Waals surface area contributed by atoms with Gasteiger partial charge in [-0.3, -0.25) is 0 Å². The third-order valence-electron chi connectivity index (χ3n) is 3.97. The Morgan fingerprint density at radius 1 is 0.536 bits per heavy atom. The third-order valence-corrected chi connectivity index (χ3v) is 6.74. The van der Waals surface area contributed by atoms with E-state index in [2.05, 4.69) is 115 Å². The molecule has 4 heteroatoms. The van der Waals surface area contributed by atoms with Gasteiger partial charge in [-0.1, -0.05) is 96.8 Å². The lowest BCUT2D eigenvalue weighted by Gasteiger charge is -1.98. The quantitative estimate of drug-likeness (QED) is 0.228. The van der Waals surface area contributed by atoms with E-state index in [4.69, 9.17) is 0 Å². The van der Waals surface area contributed by atoms with Crippen LogP contribution in [-0.2, 0) is 0 Å². The molecule has 28 heavy (non-hydrogen) atoms. The molecule has 0 saturated carbocycles. The van der Waals surface area contributed by atoms with Crippen LogP contribution < -0.4 is 0 Å². The minimum atomic E-state index is 1.10. The van der Waals surface area contributed by atoms with Crippen molar-refractivity contribution in [3.8, 4) is 20.9 Å². The van der Waals surface area contributed by atoms with E-state index in [0.29, 0.717) is 0 Å². The summed E-state index contributed by atoms with van der Waals surface area (Å²) in [5.41, 5.74) is 3.67. The minimum absolute atomic E-state index is 1.10. The Labute approximate surface area is 195 Å². The summed E-state index contributed by atoms with van der Waals surface area (Å²) >= 11 is 12.1. The second-order valence-electron chi connectivity index (χ2n) is 5.93. The van der Waals surface area contributed by atoms with Gasteiger partial charge < -0.3 is 0 Å². The summed E-state index contributed by atoms with van der Waals surface area (Å²) < 4.78 is 3.33. The zero-order valence-electron chi connectivity index (χ0n) is 14.9. The van der Waals surface area contributed by atoms with Gasteiger partial charge in [0.1, 0.15) is 0 Å². The molecule has 0 atom stereocenters. The smallest absolute Gasteiger partial charge is 0.0349 e. The van der Waals surface area contributed by atoms with E-state index in [1.165, 1.54) is 20.9 Å². The van der Waals surface area contributed by atoms with Crippen molar-refractivity contribution in [2.45, 2.75) is 0 Å². The maximum absolute atomic E-state index is 3.65. The summed E-state index contributed by atoms with van der Waals surface area (Å²) in [6.07, 6.45) is 1.83. The fourth-order valence-electron chi connectivity index (χ4n) is 2.48. The topological polar surface area (TPSA) is 0 Å². The van der Waals surface area contributed by atoms with Gasteiger partial charge in [0.05, 0.1) is 0 Å². The third kappa shape index (κ3) is 6.02. The first-order valence-corrected chi connectivity index (χ1v) is 11.7. The van der Waals surface area contributed by atoms with Crippen molar-refractivity contribution in [1.82, 2.24) is 0 Å². The standard InChI is InChI=1S/C16H10Br2S.C8H7Br/c17-13-5-1-11(2-6-13)15-9-10-16(19-15)12-3-7-14(18)8-4-12;1-2-7-3-5-8(9)6-4-7/h1-10H;2-6H,1H2. The first-order valence-electron chi connectivity index (χ1n) is 8.55. The van der Waals surface area contributed by atoms with E-state index in [-0.39, 0.29) is 0 Å². The molecule has 0 radical (unpaired) electrons. The zero-order valence-corrected chi connectivity index (χ0v) is 20.5. The summed E-state index contributed by atoms with van der Waals surface area (Å²) in [5.74, 6) is 0. The van der Waals surface area contributed by atoms with Crippen LogP contribution in [0.25, 0.3) is 27.0 Å². The average Bonchev–Trinajstić information content (AvgIpc) is 3.20. The normalized spacial score (nSPS) is 10.1. The molecule has 1 aromatic heterocycles. The number of thiophene rings is 1. The van der Waals surface area contributed by atoms with E-state index < -0.39 is 0 Å². The van der Waals surface area contributed by atoms with Crippen LogP contribution in [0.4, 0.5) is 0 Å². The van der Waals surface area contributed by atoms with Crippen LogP contribution in [0.1, 0.15) is 5.56 Å². The first-order chi connectivity index (χ1) is 13.5. The van der Waals surface area contributed by atoms with Crippen molar-refractivity contribution in [1.29, 1.82) is 0 Å². The van der Waals surface area contributed by atoms with Crippen LogP contribution in [0, 0.1) is 0 Å². The number of halogens is 3. The highest BCUT2D eigenvalue weighted by Crippen LogP contribution is 2.35. The van der Waals surface area contributed by atoms with E-state index in [9.17, 15) is 0 Å². The first kappa shape index (κ1) is 21.3. The fourth-order valence-corrected chi connectivity index (χ4v) is 4.29. The number of benzene rings is 3. The lowest BCUT2D eigenvalue weighted by atomic mass is 10.2. The molecule has 0 bridgehead atoms. The van der Waals surface area contributed by atoms with Gasteiger partial charge in [0.2, 0.25) is 0 Å². The molecule has 0 aliphatic rings. The Morgan fingerprint density at radius 2 is 0.893 bits per heavy atom. The Bertz CT molecular complexity index is 971. The van der Waals surface area contributed by atoms with Crippen molar-refractivity contribution in [2.75, 3.05) is 0 Å². The van der Waals surface area contributed by atoms with Crippen molar-refractivity contribution in [3.63, 3.8) is 0 Å². The van der Waals surface area contributed by atoms with Crippen LogP contribution in [0.3, 0.4) is 0 Å². The second-order valence-corrected chi connectivity index (χ2v) is 9.76. The Morgan fingerprint density at radius 3 is 1.25 bits per heavy atom. The molecule has 0 spiro atoms. The lowest BCUT2D eigenvalue weighted by molar-refractivity contribution is 1.62. The summed E-state index contributed by atoms with van der Waals surface area (Å²) in [6.45, 7) is 3.65. The van der Waals surface area contributed by atoms with E-state index in [1.807, 2.05) is 41.7 Å². The second kappa shape index (κ2) is 10.4. The molecule has 0 unspecified atom stereocenters. The van der Waals surface area contributed by atoms with Gasteiger partial charge in [-0.25, -0.2) is 0 Å². The summed E-state index contributed by atoms with van der Waals surface area (Å²) in [4.78, 5) is 2.59. The number of hydrogen-bond donors (Lipinski definition) is 0. The molecule has 140 valence electrons. The molecule has 1 heterocycles. The lowest BCUT2D eigenvalue weighted by Crippen LogP contribution is -1.71.